The summed E-state index contributed by atoms with van der Waals surface area (Å²) < 4.78 is 23.3. The number of anilines is 1. The van der Waals surface area contributed by atoms with Gasteiger partial charge >= 0.3 is 0 Å². The summed E-state index contributed by atoms with van der Waals surface area (Å²) in [5.74, 6) is -0.508. The number of benzene rings is 2. The third kappa shape index (κ3) is 5.55. The first-order chi connectivity index (χ1) is 14.2. The molecule has 0 aromatic heterocycles. The zero-order valence-corrected chi connectivity index (χ0v) is 17.6. The van der Waals surface area contributed by atoms with E-state index in [1.54, 1.807) is 36.1 Å². The maximum absolute atomic E-state index is 12.6. The van der Waals surface area contributed by atoms with Gasteiger partial charge in [0.2, 0.25) is 21.8 Å². The molecule has 1 fully saturated rings. The van der Waals surface area contributed by atoms with Gasteiger partial charge in [-0.1, -0.05) is 36.4 Å². The highest BCUT2D eigenvalue weighted by atomic mass is 32.2. The standard InChI is InChI=1S/C22H25N3O4S/c1-16-7-9-19(15-20(16)30(23,28)29)24-22(27)18-11-13-25(14-12-18)21(26)10-8-17-5-3-2-4-6-17/h2-10,15,18H,11-14H2,1H3,(H,24,27)(H2,23,28,29)/b10-8+. The van der Waals surface area contributed by atoms with Gasteiger partial charge in [0.1, 0.15) is 0 Å². The van der Waals surface area contributed by atoms with Crippen molar-refractivity contribution >= 4 is 33.6 Å². The number of hydrogen-bond donors (Lipinski definition) is 2. The molecule has 2 aromatic rings. The summed E-state index contributed by atoms with van der Waals surface area (Å²) in [6.45, 7) is 2.63. The van der Waals surface area contributed by atoms with Gasteiger partial charge in [0.25, 0.3) is 0 Å². The number of carbonyl (C=O) groups is 2. The molecule has 0 spiro atoms. The monoisotopic (exact) mass is 427 g/mol. The van der Waals surface area contributed by atoms with Crippen LogP contribution in [0.1, 0.15) is 24.0 Å². The molecule has 3 rings (SSSR count). The first-order valence-electron chi connectivity index (χ1n) is 9.70. The summed E-state index contributed by atoms with van der Waals surface area (Å²) in [5.41, 5.74) is 1.86. The van der Waals surface area contributed by atoms with Crippen molar-refractivity contribution in [2.75, 3.05) is 18.4 Å². The van der Waals surface area contributed by atoms with E-state index in [1.807, 2.05) is 30.3 Å². The molecule has 0 aliphatic carbocycles. The number of hydrogen-bond acceptors (Lipinski definition) is 4. The maximum Gasteiger partial charge on any atom is 0.246 e. The molecular weight excluding hydrogens is 402 g/mol. The number of nitrogens with one attached hydrogen (secondary N) is 1. The third-order valence-corrected chi connectivity index (χ3v) is 6.21. The highest BCUT2D eigenvalue weighted by molar-refractivity contribution is 7.89. The molecule has 2 aromatic carbocycles. The molecule has 0 atom stereocenters. The Morgan fingerprint density at radius 1 is 1.10 bits per heavy atom. The van der Waals surface area contributed by atoms with Crippen molar-refractivity contribution in [3.63, 3.8) is 0 Å². The van der Waals surface area contributed by atoms with Crippen LogP contribution in [0.3, 0.4) is 0 Å². The van der Waals surface area contributed by atoms with Crippen LogP contribution in [0.15, 0.2) is 59.5 Å². The van der Waals surface area contributed by atoms with Gasteiger partial charge in [-0.3, -0.25) is 9.59 Å². The first-order valence-corrected chi connectivity index (χ1v) is 11.2. The first kappa shape index (κ1) is 21.7. The quantitative estimate of drug-likeness (QED) is 0.715. The lowest BCUT2D eigenvalue weighted by molar-refractivity contribution is -0.130. The van der Waals surface area contributed by atoms with Gasteiger partial charge < -0.3 is 10.2 Å². The Labute approximate surface area is 176 Å². The van der Waals surface area contributed by atoms with Crippen LogP contribution in [0.4, 0.5) is 5.69 Å². The molecule has 1 saturated heterocycles. The molecule has 7 nitrogen and oxygen atoms in total. The van der Waals surface area contributed by atoms with E-state index in [1.165, 1.54) is 6.07 Å². The summed E-state index contributed by atoms with van der Waals surface area (Å²) in [6, 6.07) is 14.2. The molecule has 1 aliphatic rings. The molecule has 3 N–H and O–H groups in total. The number of piperidine rings is 1. The Balaban J connectivity index is 1.55. The van der Waals surface area contributed by atoms with E-state index >= 15 is 0 Å². The van der Waals surface area contributed by atoms with Gasteiger partial charge in [0, 0.05) is 30.8 Å². The SMILES string of the molecule is Cc1ccc(NC(=O)C2CCN(C(=O)/C=C/c3ccccc3)CC2)cc1S(N)(=O)=O. The fourth-order valence-electron chi connectivity index (χ4n) is 3.43. The highest BCUT2D eigenvalue weighted by Gasteiger charge is 2.27. The van der Waals surface area contributed by atoms with E-state index < -0.39 is 10.0 Å². The number of rotatable bonds is 5. The van der Waals surface area contributed by atoms with Crippen LogP contribution in [0.5, 0.6) is 0 Å². The maximum atomic E-state index is 12.6. The minimum atomic E-state index is -3.86. The normalized spacial score (nSPS) is 15.3. The Kier molecular flexibility index (Phi) is 6.69. The van der Waals surface area contributed by atoms with E-state index in [0.717, 1.165) is 5.56 Å². The second kappa shape index (κ2) is 9.23. The Morgan fingerprint density at radius 2 is 1.77 bits per heavy atom. The fraction of sp³-hybridized carbons (Fsp3) is 0.273. The van der Waals surface area contributed by atoms with Crippen molar-refractivity contribution in [2.24, 2.45) is 11.1 Å². The lowest BCUT2D eigenvalue weighted by Crippen LogP contribution is -2.40. The lowest BCUT2D eigenvalue weighted by atomic mass is 9.95. The van der Waals surface area contributed by atoms with E-state index in [9.17, 15) is 18.0 Å². The van der Waals surface area contributed by atoms with Crippen LogP contribution >= 0.6 is 0 Å². The molecule has 8 heteroatoms. The van der Waals surface area contributed by atoms with E-state index in [2.05, 4.69) is 5.32 Å². The topological polar surface area (TPSA) is 110 Å². The number of amides is 2. The van der Waals surface area contributed by atoms with Gasteiger partial charge in [0.05, 0.1) is 4.90 Å². The summed E-state index contributed by atoms with van der Waals surface area (Å²) in [6.07, 6.45) is 4.42. The van der Waals surface area contributed by atoms with Crippen LogP contribution < -0.4 is 10.5 Å². The van der Waals surface area contributed by atoms with Crippen LogP contribution in [0, 0.1) is 12.8 Å². The molecule has 0 bridgehead atoms. The minimum absolute atomic E-state index is 0.00841. The van der Waals surface area contributed by atoms with Crippen molar-refractivity contribution in [1.82, 2.24) is 4.90 Å². The Hall–Kier alpha value is -2.97. The van der Waals surface area contributed by atoms with E-state index in [-0.39, 0.29) is 22.6 Å². The number of sulfonamides is 1. The molecule has 0 unspecified atom stereocenters. The molecule has 158 valence electrons. The number of carbonyl (C=O) groups excluding carboxylic acids is 2. The number of likely N-dealkylation sites (tertiary alicyclic amines) is 1. The van der Waals surface area contributed by atoms with Crippen LogP contribution in [0.25, 0.3) is 6.08 Å². The van der Waals surface area contributed by atoms with E-state index in [0.29, 0.717) is 37.2 Å². The number of primary sulfonamides is 1. The van der Waals surface area contributed by atoms with Gasteiger partial charge in [-0.25, -0.2) is 13.6 Å². The average Bonchev–Trinajstić information content (AvgIpc) is 2.73. The molecule has 1 aliphatic heterocycles. The van der Waals surface area contributed by atoms with Crippen molar-refractivity contribution in [2.45, 2.75) is 24.7 Å². The third-order valence-electron chi connectivity index (χ3n) is 5.16. The number of nitrogens with two attached hydrogens (primary N) is 1. The van der Waals surface area contributed by atoms with Gasteiger partial charge in [-0.2, -0.15) is 0 Å². The predicted molar refractivity (Wildman–Crippen MR) is 116 cm³/mol. The van der Waals surface area contributed by atoms with Crippen molar-refractivity contribution in [3.8, 4) is 0 Å². The fourth-order valence-corrected chi connectivity index (χ4v) is 4.24. The van der Waals surface area contributed by atoms with Crippen LogP contribution in [-0.4, -0.2) is 38.2 Å². The summed E-state index contributed by atoms with van der Waals surface area (Å²) in [4.78, 5) is 26.7. The smallest absolute Gasteiger partial charge is 0.246 e. The minimum Gasteiger partial charge on any atom is -0.339 e. The van der Waals surface area contributed by atoms with Crippen LogP contribution in [0.2, 0.25) is 0 Å². The predicted octanol–water partition coefficient (Wildman–Crippen LogP) is 2.53. The molecule has 2 amide bonds. The largest absolute Gasteiger partial charge is 0.339 e. The van der Waals surface area contributed by atoms with Crippen molar-refractivity contribution in [3.05, 3.63) is 65.7 Å². The van der Waals surface area contributed by atoms with Crippen LogP contribution in [-0.2, 0) is 19.6 Å². The van der Waals surface area contributed by atoms with E-state index in [4.69, 9.17) is 5.14 Å². The second-order valence-corrected chi connectivity index (χ2v) is 8.89. The lowest BCUT2D eigenvalue weighted by Gasteiger charge is -2.30. The van der Waals surface area contributed by atoms with Gasteiger partial charge in [-0.15, -0.1) is 0 Å². The molecule has 0 radical (unpaired) electrons. The molecular formula is C22H25N3O4S. The summed E-state index contributed by atoms with van der Waals surface area (Å²) in [5, 5.41) is 7.99. The summed E-state index contributed by atoms with van der Waals surface area (Å²) >= 11 is 0. The average molecular weight is 428 g/mol. The van der Waals surface area contributed by atoms with Crippen molar-refractivity contribution < 1.29 is 18.0 Å². The zero-order valence-electron chi connectivity index (χ0n) is 16.7. The Bertz CT molecular complexity index is 1060. The summed E-state index contributed by atoms with van der Waals surface area (Å²) in [7, 11) is -3.86. The molecule has 1 heterocycles. The van der Waals surface area contributed by atoms with Gasteiger partial charge in [-0.05, 0) is 49.1 Å². The number of nitrogens with zero attached hydrogens (tertiary/aromatic N) is 1. The zero-order chi connectivity index (χ0) is 21.7. The number of aryl methyl sites for hydroxylation is 1. The molecule has 0 saturated carbocycles. The Morgan fingerprint density at radius 3 is 2.40 bits per heavy atom. The highest BCUT2D eigenvalue weighted by Crippen LogP contribution is 2.23. The molecule has 30 heavy (non-hydrogen) atoms. The second-order valence-electron chi connectivity index (χ2n) is 7.36. The van der Waals surface area contributed by atoms with Gasteiger partial charge in [0.15, 0.2) is 0 Å². The van der Waals surface area contributed by atoms with Crippen molar-refractivity contribution in [1.29, 1.82) is 0 Å².